The molecular formula is C8H3BrF4O2. The lowest BCUT2D eigenvalue weighted by Crippen LogP contribution is -2.11. The largest absolute Gasteiger partial charge is 0.478 e. The fourth-order valence-electron chi connectivity index (χ4n) is 0.919. The van der Waals surface area contributed by atoms with Crippen LogP contribution in [0.5, 0.6) is 0 Å². The van der Waals surface area contributed by atoms with Crippen LogP contribution >= 0.6 is 15.9 Å². The molecule has 1 rings (SSSR count). The number of carbonyl (C=O) groups is 1. The predicted molar refractivity (Wildman–Crippen MR) is 46.1 cm³/mol. The molecule has 0 spiro atoms. The Bertz CT molecular complexity index is 414. The molecule has 0 radical (unpaired) electrons. The summed E-state index contributed by atoms with van der Waals surface area (Å²) in [6.45, 7) is 0. The van der Waals surface area contributed by atoms with Gasteiger partial charge in [-0.2, -0.15) is 13.2 Å². The maximum absolute atomic E-state index is 13.0. The van der Waals surface area contributed by atoms with E-state index in [1.54, 1.807) is 0 Å². The molecule has 0 saturated carbocycles. The summed E-state index contributed by atoms with van der Waals surface area (Å²) in [5, 5.41) is 8.48. The van der Waals surface area contributed by atoms with E-state index in [1.165, 1.54) is 0 Å². The number of aromatic carboxylic acids is 1. The molecule has 0 heterocycles. The molecule has 1 aromatic rings. The van der Waals surface area contributed by atoms with E-state index in [2.05, 4.69) is 15.9 Å². The number of halogens is 5. The standard InChI is InChI=1S/C8H3BrF4O2/c9-5-2-3(7(14)15)1-4(6(5)10)8(11,12)13/h1-2H,(H,14,15). The van der Waals surface area contributed by atoms with Crippen LogP contribution in [0.2, 0.25) is 0 Å². The molecule has 7 heteroatoms. The second-order valence-electron chi connectivity index (χ2n) is 2.62. The first kappa shape index (κ1) is 12.0. The van der Waals surface area contributed by atoms with Crippen molar-refractivity contribution in [3.63, 3.8) is 0 Å². The zero-order valence-corrected chi connectivity index (χ0v) is 8.49. The van der Waals surface area contributed by atoms with E-state index < -0.39 is 33.6 Å². The van der Waals surface area contributed by atoms with E-state index in [9.17, 15) is 22.4 Å². The third-order valence-electron chi connectivity index (χ3n) is 1.58. The highest BCUT2D eigenvalue weighted by molar-refractivity contribution is 9.10. The molecule has 0 saturated heterocycles. The van der Waals surface area contributed by atoms with E-state index in [0.29, 0.717) is 0 Å². The Morgan fingerprint density at radius 1 is 1.33 bits per heavy atom. The van der Waals surface area contributed by atoms with Gasteiger partial charge in [-0.05, 0) is 28.1 Å². The van der Waals surface area contributed by atoms with Gasteiger partial charge in [0.25, 0.3) is 0 Å². The average molecular weight is 287 g/mol. The average Bonchev–Trinajstić information content (AvgIpc) is 2.06. The van der Waals surface area contributed by atoms with Gasteiger partial charge in [-0.25, -0.2) is 9.18 Å². The maximum atomic E-state index is 13.0. The van der Waals surface area contributed by atoms with Crippen molar-refractivity contribution in [3.05, 3.63) is 33.5 Å². The first-order valence-electron chi connectivity index (χ1n) is 3.53. The van der Waals surface area contributed by atoms with Gasteiger partial charge in [0.2, 0.25) is 0 Å². The predicted octanol–water partition coefficient (Wildman–Crippen LogP) is 3.31. The highest BCUT2D eigenvalue weighted by Crippen LogP contribution is 2.35. The van der Waals surface area contributed by atoms with Gasteiger partial charge in [0.05, 0.1) is 15.6 Å². The molecule has 15 heavy (non-hydrogen) atoms. The Labute approximate surface area is 89.6 Å². The van der Waals surface area contributed by atoms with Crippen LogP contribution < -0.4 is 0 Å². The molecule has 0 fully saturated rings. The van der Waals surface area contributed by atoms with Crippen molar-refractivity contribution >= 4 is 21.9 Å². The Kier molecular flexibility index (Phi) is 3.03. The zero-order valence-electron chi connectivity index (χ0n) is 6.90. The molecule has 0 aliphatic carbocycles. The quantitative estimate of drug-likeness (QED) is 0.805. The molecular weight excluding hydrogens is 284 g/mol. The van der Waals surface area contributed by atoms with Gasteiger partial charge in [-0.3, -0.25) is 0 Å². The molecule has 0 amide bonds. The topological polar surface area (TPSA) is 37.3 Å². The van der Waals surface area contributed by atoms with Crippen molar-refractivity contribution in [1.29, 1.82) is 0 Å². The number of hydrogen-bond acceptors (Lipinski definition) is 1. The first-order valence-corrected chi connectivity index (χ1v) is 4.32. The number of carboxylic acid groups (broad SMARTS) is 1. The minimum absolute atomic E-state index is 0.252. The SMILES string of the molecule is O=C(O)c1cc(Br)c(F)c(C(F)(F)F)c1. The van der Waals surface area contributed by atoms with E-state index in [-0.39, 0.29) is 6.07 Å². The normalized spacial score (nSPS) is 11.5. The molecule has 1 aromatic carbocycles. The third kappa shape index (κ3) is 2.47. The molecule has 1 N–H and O–H groups in total. The van der Waals surface area contributed by atoms with Crippen LogP contribution in [0.25, 0.3) is 0 Å². The van der Waals surface area contributed by atoms with Crippen molar-refractivity contribution in [3.8, 4) is 0 Å². The number of alkyl halides is 3. The highest BCUT2D eigenvalue weighted by Gasteiger charge is 2.35. The lowest BCUT2D eigenvalue weighted by atomic mass is 10.1. The summed E-state index contributed by atoms with van der Waals surface area (Å²) < 4.78 is 49.1. The summed E-state index contributed by atoms with van der Waals surface area (Å²) in [5.74, 6) is -3.08. The van der Waals surface area contributed by atoms with Gasteiger partial charge in [0.15, 0.2) is 0 Å². The summed E-state index contributed by atoms with van der Waals surface area (Å²) in [6, 6.07) is 1.02. The Morgan fingerprint density at radius 3 is 2.27 bits per heavy atom. The Balaban J connectivity index is 3.45. The maximum Gasteiger partial charge on any atom is 0.419 e. The van der Waals surface area contributed by atoms with Crippen LogP contribution in [0.15, 0.2) is 16.6 Å². The second-order valence-corrected chi connectivity index (χ2v) is 3.48. The van der Waals surface area contributed by atoms with Gasteiger partial charge in [0.1, 0.15) is 5.82 Å². The van der Waals surface area contributed by atoms with E-state index in [0.717, 1.165) is 6.07 Å². The number of hydrogen-bond donors (Lipinski definition) is 1. The molecule has 0 aromatic heterocycles. The third-order valence-corrected chi connectivity index (χ3v) is 2.16. The lowest BCUT2D eigenvalue weighted by molar-refractivity contribution is -0.140. The summed E-state index contributed by atoms with van der Waals surface area (Å²) in [7, 11) is 0. The molecule has 0 bridgehead atoms. The number of carboxylic acids is 1. The van der Waals surface area contributed by atoms with Crippen LogP contribution in [0.1, 0.15) is 15.9 Å². The van der Waals surface area contributed by atoms with Crippen molar-refractivity contribution < 1.29 is 27.5 Å². The molecule has 0 aliphatic rings. The fourth-order valence-corrected chi connectivity index (χ4v) is 1.38. The lowest BCUT2D eigenvalue weighted by Gasteiger charge is -2.09. The first-order chi connectivity index (χ1) is 6.73. The summed E-state index contributed by atoms with van der Waals surface area (Å²) in [4.78, 5) is 10.4. The second kappa shape index (κ2) is 3.80. The molecule has 0 atom stereocenters. The minimum Gasteiger partial charge on any atom is -0.478 e. The van der Waals surface area contributed by atoms with E-state index in [4.69, 9.17) is 5.11 Å². The number of rotatable bonds is 1. The van der Waals surface area contributed by atoms with Crippen molar-refractivity contribution in [2.45, 2.75) is 6.18 Å². The molecule has 0 unspecified atom stereocenters. The van der Waals surface area contributed by atoms with Gasteiger partial charge >= 0.3 is 12.1 Å². The fraction of sp³-hybridized carbons (Fsp3) is 0.125. The van der Waals surface area contributed by atoms with Crippen LogP contribution in [0.3, 0.4) is 0 Å². The van der Waals surface area contributed by atoms with Crippen LogP contribution in [0.4, 0.5) is 17.6 Å². The van der Waals surface area contributed by atoms with Crippen molar-refractivity contribution in [1.82, 2.24) is 0 Å². The summed E-state index contributed by atoms with van der Waals surface area (Å²) in [5.41, 5.74) is -2.23. The van der Waals surface area contributed by atoms with Crippen molar-refractivity contribution in [2.24, 2.45) is 0 Å². The molecule has 82 valence electrons. The zero-order chi connectivity index (χ0) is 11.8. The van der Waals surface area contributed by atoms with Crippen LogP contribution in [-0.4, -0.2) is 11.1 Å². The smallest absolute Gasteiger partial charge is 0.419 e. The summed E-state index contributed by atoms with van der Waals surface area (Å²) >= 11 is 2.52. The van der Waals surface area contributed by atoms with Gasteiger partial charge in [-0.15, -0.1) is 0 Å². The number of benzene rings is 1. The Morgan fingerprint density at radius 2 is 1.87 bits per heavy atom. The molecule has 0 aliphatic heterocycles. The van der Waals surface area contributed by atoms with Crippen LogP contribution in [0, 0.1) is 5.82 Å². The minimum atomic E-state index is -4.92. The highest BCUT2D eigenvalue weighted by atomic mass is 79.9. The van der Waals surface area contributed by atoms with Crippen LogP contribution in [-0.2, 0) is 6.18 Å². The Hall–Kier alpha value is -1.11. The monoisotopic (exact) mass is 286 g/mol. The molecule has 2 nitrogen and oxygen atoms in total. The van der Waals surface area contributed by atoms with E-state index >= 15 is 0 Å². The summed E-state index contributed by atoms with van der Waals surface area (Å²) in [6.07, 6.45) is -4.92. The van der Waals surface area contributed by atoms with Gasteiger partial charge in [-0.1, -0.05) is 0 Å². The van der Waals surface area contributed by atoms with Gasteiger partial charge in [0, 0.05) is 0 Å². The van der Waals surface area contributed by atoms with Gasteiger partial charge < -0.3 is 5.11 Å². The van der Waals surface area contributed by atoms with E-state index in [1.807, 2.05) is 0 Å². The van der Waals surface area contributed by atoms with Crippen molar-refractivity contribution in [2.75, 3.05) is 0 Å².